The van der Waals surface area contributed by atoms with Gasteiger partial charge < -0.3 is 9.47 Å². The molecule has 1 aliphatic rings. The number of hydrogen-bond donors (Lipinski definition) is 0. The molecule has 0 fully saturated rings. The Morgan fingerprint density at radius 1 is 1.00 bits per heavy atom. The van der Waals surface area contributed by atoms with Gasteiger partial charge in [-0.05, 0) is 53.6 Å². The van der Waals surface area contributed by atoms with E-state index in [1.807, 2.05) is 48.5 Å². The van der Waals surface area contributed by atoms with Crippen LogP contribution < -0.4 is 19.6 Å². The number of fused-ring (bicyclic) bond motifs is 2. The third kappa shape index (κ3) is 6.08. The van der Waals surface area contributed by atoms with Crippen molar-refractivity contribution in [3.63, 3.8) is 0 Å². The lowest BCUT2D eigenvalue weighted by atomic mass is 9.95. The molecular weight excluding hydrogens is 660 g/mol. The molecule has 12 heteroatoms. The van der Waals surface area contributed by atoms with Crippen LogP contribution in [0, 0.1) is 0 Å². The molecule has 2 heterocycles. The van der Waals surface area contributed by atoms with Crippen LogP contribution in [0.15, 0.2) is 106 Å². The molecule has 0 saturated carbocycles. The summed E-state index contributed by atoms with van der Waals surface area (Å²) in [5.74, 6) is -0.793. The molecule has 0 bridgehead atoms. The Morgan fingerprint density at radius 2 is 1.72 bits per heavy atom. The van der Waals surface area contributed by atoms with Gasteiger partial charge in [-0.1, -0.05) is 95.2 Å². The zero-order chi connectivity index (χ0) is 32.6. The number of alkyl halides is 3. The highest BCUT2D eigenvalue weighted by Gasteiger charge is 2.45. The van der Waals surface area contributed by atoms with Gasteiger partial charge in [0.2, 0.25) is 0 Å². The highest BCUT2D eigenvalue weighted by Crippen LogP contribution is 2.38. The largest absolute Gasteiger partial charge is 0.488 e. The van der Waals surface area contributed by atoms with Crippen LogP contribution in [-0.4, -0.2) is 23.3 Å². The molecule has 1 aromatic heterocycles. The topological polar surface area (TPSA) is 69.9 Å². The third-order valence-corrected chi connectivity index (χ3v) is 8.93. The van der Waals surface area contributed by atoms with Gasteiger partial charge in [0.05, 0.1) is 22.8 Å². The maximum absolute atomic E-state index is 14.5. The average Bonchev–Trinajstić information content (AvgIpc) is 3.35. The van der Waals surface area contributed by atoms with E-state index in [4.69, 9.17) is 32.7 Å². The number of aromatic nitrogens is 1. The van der Waals surface area contributed by atoms with E-state index < -0.39 is 35.0 Å². The zero-order valence-electron chi connectivity index (χ0n) is 24.0. The van der Waals surface area contributed by atoms with Crippen molar-refractivity contribution in [3.05, 3.63) is 143 Å². The molecule has 0 aliphatic carbocycles. The van der Waals surface area contributed by atoms with Crippen molar-refractivity contribution in [1.29, 1.82) is 0 Å². The fourth-order valence-corrected chi connectivity index (χ4v) is 6.55. The van der Waals surface area contributed by atoms with Crippen LogP contribution in [0.1, 0.15) is 29.7 Å². The molecule has 0 amide bonds. The molecule has 5 aromatic rings. The van der Waals surface area contributed by atoms with Crippen LogP contribution in [-0.2, 0) is 16.1 Å². The predicted molar refractivity (Wildman–Crippen MR) is 172 cm³/mol. The van der Waals surface area contributed by atoms with Crippen molar-refractivity contribution in [2.45, 2.75) is 25.7 Å². The molecule has 6 nitrogen and oxygen atoms in total. The highest BCUT2D eigenvalue weighted by atomic mass is 35.5. The number of nitrogens with zero attached hydrogens (tertiary/aromatic N) is 2. The SMILES string of the molecule is CCOC(=O)C1=C(C(F)(F)F)N=c2s/c(=C\c3c(OCc4ccccc4Cl)ccc4ccccc34)c(=O)n2[C@@H]1c1ccc(Cl)cc1. The number of benzene rings is 4. The summed E-state index contributed by atoms with van der Waals surface area (Å²) in [6, 6.07) is 22.7. The fraction of sp³-hybridized carbons (Fsp3) is 0.147. The molecule has 1 atom stereocenters. The van der Waals surface area contributed by atoms with Crippen molar-refractivity contribution < 1.29 is 27.4 Å². The van der Waals surface area contributed by atoms with E-state index in [1.54, 1.807) is 18.2 Å². The number of thiazole rings is 1. The molecule has 0 N–H and O–H groups in total. The molecule has 6 rings (SSSR count). The summed E-state index contributed by atoms with van der Waals surface area (Å²) < 4.78 is 55.8. The maximum Gasteiger partial charge on any atom is 0.434 e. The standard InChI is InChI=1S/C34H23Cl2F3N2O4S/c1-2-44-32(43)28-29(20-11-14-22(35)15-12-20)41-31(42)27(46-33(41)40-30(28)34(37,38)39)17-24-23-9-5-3-7-19(23)13-16-26(24)45-18-21-8-4-6-10-25(21)36/h3-17,29H,2,18H2,1H3/b27-17-/t29-/m1/s1. The Labute approximate surface area is 274 Å². The second-order valence-electron chi connectivity index (χ2n) is 10.2. The van der Waals surface area contributed by atoms with Gasteiger partial charge in [-0.2, -0.15) is 13.2 Å². The van der Waals surface area contributed by atoms with Crippen molar-refractivity contribution in [2.24, 2.45) is 4.99 Å². The first-order valence-electron chi connectivity index (χ1n) is 14.0. The van der Waals surface area contributed by atoms with Gasteiger partial charge in [0, 0.05) is 21.2 Å². The van der Waals surface area contributed by atoms with Gasteiger partial charge in [-0.25, -0.2) is 9.79 Å². The maximum atomic E-state index is 14.5. The number of hydrogen-bond acceptors (Lipinski definition) is 6. The summed E-state index contributed by atoms with van der Waals surface area (Å²) >= 11 is 13.2. The van der Waals surface area contributed by atoms with Crippen LogP contribution in [0.4, 0.5) is 13.2 Å². The predicted octanol–water partition coefficient (Wildman–Crippen LogP) is 7.38. The second-order valence-corrected chi connectivity index (χ2v) is 12.0. The Kier molecular flexibility index (Phi) is 8.78. The first-order chi connectivity index (χ1) is 22.1. The van der Waals surface area contributed by atoms with E-state index >= 15 is 0 Å². The lowest BCUT2D eigenvalue weighted by Crippen LogP contribution is -2.41. The van der Waals surface area contributed by atoms with Gasteiger partial charge in [0.15, 0.2) is 10.5 Å². The summed E-state index contributed by atoms with van der Waals surface area (Å²) in [7, 11) is 0. The normalized spacial score (nSPS) is 15.1. The van der Waals surface area contributed by atoms with Gasteiger partial charge in [0.25, 0.3) is 5.56 Å². The minimum Gasteiger partial charge on any atom is -0.488 e. The number of esters is 1. The van der Waals surface area contributed by atoms with Crippen molar-refractivity contribution in [2.75, 3.05) is 6.61 Å². The van der Waals surface area contributed by atoms with Gasteiger partial charge in [-0.15, -0.1) is 0 Å². The van der Waals surface area contributed by atoms with Gasteiger partial charge in [0.1, 0.15) is 12.4 Å². The number of carbonyl (C=O) groups excluding carboxylic acids is 1. The summed E-state index contributed by atoms with van der Waals surface area (Å²) in [5, 5.41) is 2.46. The van der Waals surface area contributed by atoms with Crippen molar-refractivity contribution in [3.8, 4) is 5.75 Å². The molecule has 0 saturated heterocycles. The average molecular weight is 684 g/mol. The number of allylic oxidation sites excluding steroid dienone is 1. The summed E-state index contributed by atoms with van der Waals surface area (Å²) in [6.07, 6.45) is -3.44. The van der Waals surface area contributed by atoms with E-state index in [-0.39, 0.29) is 28.1 Å². The van der Waals surface area contributed by atoms with Crippen molar-refractivity contribution in [1.82, 2.24) is 4.57 Å². The Balaban J connectivity index is 1.58. The molecule has 234 valence electrons. The first-order valence-corrected chi connectivity index (χ1v) is 15.6. The molecule has 0 unspecified atom stereocenters. The lowest BCUT2D eigenvalue weighted by Gasteiger charge is -2.26. The monoisotopic (exact) mass is 682 g/mol. The van der Waals surface area contributed by atoms with Crippen LogP contribution in [0.2, 0.25) is 10.0 Å². The smallest absolute Gasteiger partial charge is 0.434 e. The van der Waals surface area contributed by atoms with Crippen LogP contribution in [0.3, 0.4) is 0 Å². The lowest BCUT2D eigenvalue weighted by molar-refractivity contribution is -0.140. The molecule has 0 spiro atoms. The highest BCUT2D eigenvalue weighted by molar-refractivity contribution is 7.07. The summed E-state index contributed by atoms with van der Waals surface area (Å²) in [5.41, 5.74) is -1.34. The molecule has 46 heavy (non-hydrogen) atoms. The van der Waals surface area contributed by atoms with E-state index in [1.165, 1.54) is 31.2 Å². The minimum absolute atomic E-state index is 0.0864. The molecule has 1 aliphatic heterocycles. The number of ether oxygens (including phenoxy) is 2. The molecule has 4 aromatic carbocycles. The Hall–Kier alpha value is -4.38. The van der Waals surface area contributed by atoms with E-state index in [0.717, 1.165) is 32.2 Å². The first kappa shape index (κ1) is 31.6. The number of carbonyl (C=O) groups is 1. The minimum atomic E-state index is -5.02. The van der Waals surface area contributed by atoms with E-state index in [9.17, 15) is 22.8 Å². The van der Waals surface area contributed by atoms with Crippen LogP contribution >= 0.6 is 34.5 Å². The number of rotatable bonds is 7. The third-order valence-electron chi connectivity index (χ3n) is 7.33. The Bertz CT molecular complexity index is 2190. The second kappa shape index (κ2) is 12.8. The van der Waals surface area contributed by atoms with E-state index in [2.05, 4.69) is 4.99 Å². The fourth-order valence-electron chi connectivity index (χ4n) is 5.25. The summed E-state index contributed by atoms with van der Waals surface area (Å²) in [4.78, 5) is 30.9. The Morgan fingerprint density at radius 3 is 2.43 bits per heavy atom. The quantitative estimate of drug-likeness (QED) is 0.168. The van der Waals surface area contributed by atoms with Crippen LogP contribution in [0.25, 0.3) is 16.8 Å². The molecule has 0 radical (unpaired) electrons. The van der Waals surface area contributed by atoms with E-state index in [0.29, 0.717) is 21.4 Å². The van der Waals surface area contributed by atoms with Gasteiger partial charge in [-0.3, -0.25) is 9.36 Å². The van der Waals surface area contributed by atoms with Gasteiger partial charge >= 0.3 is 12.1 Å². The van der Waals surface area contributed by atoms with Crippen molar-refractivity contribution >= 4 is 57.4 Å². The zero-order valence-corrected chi connectivity index (χ0v) is 26.3. The summed E-state index contributed by atoms with van der Waals surface area (Å²) in [6.45, 7) is 1.44. The van der Waals surface area contributed by atoms with Crippen LogP contribution in [0.5, 0.6) is 5.75 Å². The number of halogens is 5. The molecular formula is C34H23Cl2F3N2O4S.